The minimum Gasteiger partial charge on any atom is -0.367 e. The lowest BCUT2D eigenvalue weighted by atomic mass is 9.84. The Labute approximate surface area is 192 Å². The third-order valence-electron chi connectivity index (χ3n) is 7.35. The van der Waals surface area contributed by atoms with Crippen LogP contribution in [0.15, 0.2) is 42.5 Å². The number of anilines is 2. The first-order valence-electron chi connectivity index (χ1n) is 12.0. The molecule has 174 valence electrons. The highest BCUT2D eigenvalue weighted by Gasteiger charge is 2.47. The van der Waals surface area contributed by atoms with Crippen LogP contribution in [0.3, 0.4) is 0 Å². The van der Waals surface area contributed by atoms with E-state index >= 15 is 0 Å². The van der Waals surface area contributed by atoms with E-state index in [1.807, 2.05) is 18.2 Å². The summed E-state index contributed by atoms with van der Waals surface area (Å²) in [6, 6.07) is 10.7. The molecule has 3 unspecified atom stereocenters. The van der Waals surface area contributed by atoms with Gasteiger partial charge in [0.15, 0.2) is 11.6 Å². The van der Waals surface area contributed by atoms with Gasteiger partial charge in [-0.05, 0) is 62.3 Å². The number of carbonyl (C=O) groups excluding carboxylic acids is 2. The third kappa shape index (κ3) is 4.21. The summed E-state index contributed by atoms with van der Waals surface area (Å²) in [5.41, 5.74) is 0.603. The lowest BCUT2D eigenvalue weighted by Crippen LogP contribution is -2.47. The van der Waals surface area contributed by atoms with Crippen molar-refractivity contribution in [2.24, 2.45) is 5.92 Å². The second-order valence-corrected chi connectivity index (χ2v) is 9.41. The van der Waals surface area contributed by atoms with Crippen LogP contribution in [0.5, 0.6) is 0 Å². The average Bonchev–Trinajstić information content (AvgIpc) is 3.47. The van der Waals surface area contributed by atoms with Gasteiger partial charge in [0.1, 0.15) is 11.7 Å². The molecule has 33 heavy (non-hydrogen) atoms. The quantitative estimate of drug-likeness (QED) is 0.711. The van der Waals surface area contributed by atoms with Gasteiger partial charge in [-0.3, -0.25) is 9.59 Å². The molecule has 2 amide bonds. The zero-order valence-corrected chi connectivity index (χ0v) is 18.6. The Morgan fingerprint density at radius 2 is 1.58 bits per heavy atom. The Morgan fingerprint density at radius 3 is 2.27 bits per heavy atom. The van der Waals surface area contributed by atoms with E-state index in [1.165, 1.54) is 12.1 Å². The molecule has 1 aliphatic carbocycles. The van der Waals surface area contributed by atoms with Crippen molar-refractivity contribution in [1.82, 2.24) is 4.90 Å². The molecule has 0 spiro atoms. The van der Waals surface area contributed by atoms with E-state index in [0.717, 1.165) is 38.5 Å². The van der Waals surface area contributed by atoms with Gasteiger partial charge < -0.3 is 15.1 Å². The van der Waals surface area contributed by atoms with Gasteiger partial charge in [-0.2, -0.15) is 0 Å². The van der Waals surface area contributed by atoms with Crippen molar-refractivity contribution in [1.29, 1.82) is 0 Å². The Balaban J connectivity index is 1.39. The van der Waals surface area contributed by atoms with E-state index in [4.69, 9.17) is 0 Å². The fraction of sp³-hybridized carbons (Fsp3) is 0.462. The number of hydrogen-bond donors (Lipinski definition) is 1. The van der Waals surface area contributed by atoms with E-state index < -0.39 is 17.7 Å². The molecule has 2 heterocycles. The average molecular weight is 454 g/mol. The molecule has 2 aromatic rings. The molecule has 3 aliphatic rings. The molecule has 7 heteroatoms. The van der Waals surface area contributed by atoms with Crippen LogP contribution >= 0.6 is 0 Å². The summed E-state index contributed by atoms with van der Waals surface area (Å²) >= 11 is 0. The maximum absolute atomic E-state index is 14.8. The standard InChI is InChI=1S/C26H29F2N3O2/c27-20-15-19(16-21(28)24(20)30-12-6-7-13-30)29-25(32)23-14-18-10-4-5-11-22(18)31(23)26(33)17-8-2-1-3-9-17/h1-3,8-9,15-16,18,22-23H,4-7,10-14H2,(H,29,32). The highest BCUT2D eigenvalue weighted by atomic mass is 19.1. The number of rotatable bonds is 4. The lowest BCUT2D eigenvalue weighted by Gasteiger charge is -2.33. The summed E-state index contributed by atoms with van der Waals surface area (Å²) in [6.45, 7) is 1.25. The Kier molecular flexibility index (Phi) is 6.04. The van der Waals surface area contributed by atoms with E-state index in [0.29, 0.717) is 25.1 Å². The summed E-state index contributed by atoms with van der Waals surface area (Å²) in [5, 5.41) is 2.70. The van der Waals surface area contributed by atoms with E-state index in [9.17, 15) is 18.4 Å². The summed E-state index contributed by atoms with van der Waals surface area (Å²) < 4.78 is 29.5. The molecule has 0 bridgehead atoms. The third-order valence-corrected chi connectivity index (χ3v) is 7.35. The monoisotopic (exact) mass is 453 g/mol. The topological polar surface area (TPSA) is 52.7 Å². The Hall–Kier alpha value is -2.96. The van der Waals surface area contributed by atoms with Crippen molar-refractivity contribution >= 4 is 23.2 Å². The minimum absolute atomic E-state index is 0.0215. The van der Waals surface area contributed by atoms with E-state index in [2.05, 4.69) is 5.32 Å². The molecular formula is C26H29F2N3O2. The smallest absolute Gasteiger partial charge is 0.254 e. The normalized spacial score (nSPS) is 24.6. The maximum Gasteiger partial charge on any atom is 0.254 e. The molecule has 3 atom stereocenters. The van der Waals surface area contributed by atoms with Crippen LogP contribution in [-0.2, 0) is 4.79 Å². The summed E-state index contributed by atoms with van der Waals surface area (Å²) in [4.78, 5) is 30.1. The van der Waals surface area contributed by atoms with Crippen LogP contribution < -0.4 is 10.2 Å². The van der Waals surface area contributed by atoms with Gasteiger partial charge in [0.05, 0.1) is 0 Å². The largest absolute Gasteiger partial charge is 0.367 e. The fourth-order valence-corrected chi connectivity index (χ4v) is 5.82. The summed E-state index contributed by atoms with van der Waals surface area (Å²) in [6.07, 6.45) is 6.38. The molecule has 2 saturated heterocycles. The second kappa shape index (κ2) is 9.12. The van der Waals surface area contributed by atoms with Crippen LogP contribution in [0.4, 0.5) is 20.2 Å². The second-order valence-electron chi connectivity index (χ2n) is 9.41. The number of fused-ring (bicyclic) bond motifs is 1. The van der Waals surface area contributed by atoms with Crippen molar-refractivity contribution in [3.63, 3.8) is 0 Å². The van der Waals surface area contributed by atoms with Crippen LogP contribution in [0.25, 0.3) is 0 Å². The molecule has 2 aliphatic heterocycles. The van der Waals surface area contributed by atoms with Crippen LogP contribution in [0.1, 0.15) is 55.3 Å². The molecule has 3 fully saturated rings. The number of nitrogens with zero attached hydrogens (tertiary/aromatic N) is 2. The lowest BCUT2D eigenvalue weighted by molar-refractivity contribution is -0.120. The number of amides is 2. The number of carbonyl (C=O) groups is 2. The van der Waals surface area contributed by atoms with Gasteiger partial charge in [0.25, 0.3) is 5.91 Å². The van der Waals surface area contributed by atoms with Crippen molar-refractivity contribution < 1.29 is 18.4 Å². The van der Waals surface area contributed by atoms with Gasteiger partial charge in [0, 0.05) is 30.4 Å². The summed E-state index contributed by atoms with van der Waals surface area (Å²) in [7, 11) is 0. The molecular weight excluding hydrogens is 424 g/mol. The minimum atomic E-state index is -0.676. The maximum atomic E-state index is 14.8. The van der Waals surface area contributed by atoms with Gasteiger partial charge in [-0.15, -0.1) is 0 Å². The molecule has 0 aromatic heterocycles. The molecule has 5 nitrogen and oxygen atoms in total. The van der Waals surface area contributed by atoms with Crippen molar-refractivity contribution in [3.8, 4) is 0 Å². The van der Waals surface area contributed by atoms with E-state index in [-0.39, 0.29) is 35.1 Å². The Bertz CT molecular complexity index is 1020. The number of likely N-dealkylation sites (tertiary alicyclic amines) is 1. The van der Waals surface area contributed by atoms with Crippen LogP contribution in [0, 0.1) is 17.6 Å². The molecule has 2 aromatic carbocycles. The van der Waals surface area contributed by atoms with Gasteiger partial charge in [-0.25, -0.2) is 8.78 Å². The zero-order valence-electron chi connectivity index (χ0n) is 18.6. The summed E-state index contributed by atoms with van der Waals surface area (Å²) in [5.74, 6) is -1.63. The van der Waals surface area contributed by atoms with Gasteiger partial charge in [0.2, 0.25) is 5.91 Å². The fourth-order valence-electron chi connectivity index (χ4n) is 5.82. The molecule has 0 radical (unpaired) electrons. The van der Waals surface area contributed by atoms with Gasteiger partial charge in [-0.1, -0.05) is 31.0 Å². The number of nitrogens with one attached hydrogen (secondary N) is 1. The predicted molar refractivity (Wildman–Crippen MR) is 123 cm³/mol. The van der Waals surface area contributed by atoms with Crippen molar-refractivity contribution in [2.45, 2.75) is 57.0 Å². The number of halogens is 2. The van der Waals surface area contributed by atoms with Gasteiger partial charge >= 0.3 is 0 Å². The SMILES string of the molecule is O=C(Nc1cc(F)c(N2CCCC2)c(F)c1)C1CC2CCCCC2N1C(=O)c1ccccc1. The van der Waals surface area contributed by atoms with E-state index in [1.54, 1.807) is 21.9 Å². The molecule has 1 N–H and O–H groups in total. The first-order valence-corrected chi connectivity index (χ1v) is 12.0. The molecule has 1 saturated carbocycles. The van der Waals surface area contributed by atoms with Crippen molar-refractivity contribution in [2.75, 3.05) is 23.3 Å². The number of benzene rings is 2. The first-order chi connectivity index (χ1) is 16.0. The van der Waals surface area contributed by atoms with Crippen LogP contribution in [0.2, 0.25) is 0 Å². The highest BCUT2D eigenvalue weighted by Crippen LogP contribution is 2.41. The zero-order chi connectivity index (χ0) is 22.9. The number of hydrogen-bond acceptors (Lipinski definition) is 3. The predicted octanol–water partition coefficient (Wildman–Crippen LogP) is 4.98. The first kappa shape index (κ1) is 21.9. The van der Waals surface area contributed by atoms with Crippen molar-refractivity contribution in [3.05, 3.63) is 59.7 Å². The van der Waals surface area contributed by atoms with Crippen LogP contribution in [-0.4, -0.2) is 41.9 Å². The molecule has 5 rings (SSSR count). The highest BCUT2D eigenvalue weighted by molar-refractivity contribution is 6.02. The Morgan fingerprint density at radius 1 is 0.909 bits per heavy atom.